The lowest BCUT2D eigenvalue weighted by molar-refractivity contribution is -0.00258. The van der Waals surface area contributed by atoms with E-state index in [9.17, 15) is 9.90 Å². The Bertz CT molecular complexity index is 683. The molecule has 1 fully saturated rings. The maximum Gasteiger partial charge on any atom is 0.270 e. The third-order valence-corrected chi connectivity index (χ3v) is 4.80. The molecule has 0 unspecified atom stereocenters. The number of carbonyl (C=O) groups excluding carboxylic acids is 1. The van der Waals surface area contributed by atoms with Crippen molar-refractivity contribution in [2.24, 2.45) is 5.92 Å². The van der Waals surface area contributed by atoms with Crippen LogP contribution in [0.25, 0.3) is 5.82 Å². The topological polar surface area (TPSA) is 80.0 Å². The van der Waals surface area contributed by atoms with E-state index in [4.69, 9.17) is 0 Å². The molecule has 0 saturated heterocycles. The molecule has 0 aliphatic heterocycles. The third kappa shape index (κ3) is 3.82. The maximum absolute atomic E-state index is 12.5. The Labute approximate surface area is 141 Å². The summed E-state index contributed by atoms with van der Waals surface area (Å²) in [7, 11) is 0. The third-order valence-electron chi connectivity index (χ3n) is 4.80. The van der Waals surface area contributed by atoms with E-state index in [1.165, 1.54) is 0 Å². The molecule has 6 heteroatoms. The normalized spacial score (nSPS) is 21.5. The lowest BCUT2D eigenvalue weighted by Crippen LogP contribution is -2.42. The second kappa shape index (κ2) is 6.73. The molecule has 0 spiro atoms. The molecular formula is C18H24N4O2. The van der Waals surface area contributed by atoms with Gasteiger partial charge in [0.2, 0.25) is 0 Å². The summed E-state index contributed by atoms with van der Waals surface area (Å²) >= 11 is 0. The van der Waals surface area contributed by atoms with Crippen LogP contribution in [-0.2, 0) is 0 Å². The fraction of sp³-hybridized carbons (Fsp3) is 0.500. The highest BCUT2D eigenvalue weighted by atomic mass is 16.3. The fourth-order valence-electron chi connectivity index (χ4n) is 3.29. The molecule has 6 nitrogen and oxygen atoms in total. The van der Waals surface area contributed by atoms with Gasteiger partial charge in [-0.3, -0.25) is 9.36 Å². The summed E-state index contributed by atoms with van der Waals surface area (Å²) in [4.78, 5) is 20.9. The van der Waals surface area contributed by atoms with Crippen LogP contribution in [0.2, 0.25) is 0 Å². The first kappa shape index (κ1) is 16.6. The van der Waals surface area contributed by atoms with Gasteiger partial charge in [-0.25, -0.2) is 9.97 Å². The summed E-state index contributed by atoms with van der Waals surface area (Å²) in [6.45, 7) is 3.73. The number of carbonyl (C=O) groups is 1. The molecule has 24 heavy (non-hydrogen) atoms. The van der Waals surface area contributed by atoms with Gasteiger partial charge in [0.05, 0.1) is 5.60 Å². The number of amides is 1. The van der Waals surface area contributed by atoms with Gasteiger partial charge in [0, 0.05) is 18.4 Å². The average Bonchev–Trinajstić information content (AvgIpc) is 3.09. The zero-order chi connectivity index (χ0) is 17.2. The Kier molecular flexibility index (Phi) is 4.66. The second-order valence-corrected chi connectivity index (χ2v) is 7.03. The molecule has 0 aromatic carbocycles. The summed E-state index contributed by atoms with van der Waals surface area (Å²) in [5.74, 6) is 0.822. The standard InChI is InChI=1S/C18H24N4O2/c1-18(2,24)13-6-8-14(9-7-13)20-17(23)15-4-3-5-16(21-15)22-11-10-19-12-22/h3-5,10-14,24H,6-9H2,1-2H3,(H,20,23). The molecule has 0 radical (unpaired) electrons. The van der Waals surface area contributed by atoms with E-state index in [2.05, 4.69) is 15.3 Å². The van der Waals surface area contributed by atoms with Crippen LogP contribution in [0.5, 0.6) is 0 Å². The summed E-state index contributed by atoms with van der Waals surface area (Å²) in [5.41, 5.74) is -0.235. The number of aromatic nitrogens is 3. The van der Waals surface area contributed by atoms with Gasteiger partial charge in [-0.15, -0.1) is 0 Å². The highest BCUT2D eigenvalue weighted by molar-refractivity contribution is 5.92. The molecule has 0 bridgehead atoms. The summed E-state index contributed by atoms with van der Waals surface area (Å²) in [6.07, 6.45) is 8.76. The molecule has 1 aliphatic rings. The van der Waals surface area contributed by atoms with Crippen LogP contribution in [0.4, 0.5) is 0 Å². The molecule has 3 rings (SSSR count). The van der Waals surface area contributed by atoms with Gasteiger partial charge in [-0.2, -0.15) is 0 Å². The highest BCUT2D eigenvalue weighted by Gasteiger charge is 2.31. The van der Waals surface area contributed by atoms with E-state index in [-0.39, 0.29) is 11.9 Å². The van der Waals surface area contributed by atoms with Crippen molar-refractivity contribution in [3.05, 3.63) is 42.6 Å². The Hall–Kier alpha value is -2.21. The molecule has 1 amide bonds. The van der Waals surface area contributed by atoms with Crippen molar-refractivity contribution in [1.29, 1.82) is 0 Å². The fourth-order valence-corrected chi connectivity index (χ4v) is 3.29. The number of nitrogens with zero attached hydrogens (tertiary/aromatic N) is 3. The van der Waals surface area contributed by atoms with Crippen LogP contribution < -0.4 is 5.32 Å². The van der Waals surface area contributed by atoms with E-state index in [1.54, 1.807) is 29.4 Å². The van der Waals surface area contributed by atoms with Gasteiger partial charge >= 0.3 is 0 Å². The van der Waals surface area contributed by atoms with Gasteiger partial charge < -0.3 is 10.4 Å². The number of hydrogen-bond donors (Lipinski definition) is 2. The summed E-state index contributed by atoms with van der Waals surface area (Å²) < 4.78 is 1.77. The number of aliphatic hydroxyl groups is 1. The zero-order valence-electron chi connectivity index (χ0n) is 14.1. The average molecular weight is 328 g/mol. The molecule has 2 N–H and O–H groups in total. The van der Waals surface area contributed by atoms with Crippen molar-refractivity contribution in [3.8, 4) is 5.82 Å². The van der Waals surface area contributed by atoms with E-state index in [0.717, 1.165) is 25.7 Å². The molecule has 2 aromatic rings. The lowest BCUT2D eigenvalue weighted by atomic mass is 9.77. The quantitative estimate of drug-likeness (QED) is 0.903. The van der Waals surface area contributed by atoms with Crippen LogP contribution in [0.1, 0.15) is 50.0 Å². The van der Waals surface area contributed by atoms with Crippen LogP contribution in [0.15, 0.2) is 36.9 Å². The van der Waals surface area contributed by atoms with Crippen LogP contribution in [-0.4, -0.2) is 37.2 Å². The number of pyridine rings is 1. The van der Waals surface area contributed by atoms with E-state index >= 15 is 0 Å². The summed E-state index contributed by atoms with van der Waals surface area (Å²) in [5, 5.41) is 13.2. The minimum atomic E-state index is -0.643. The molecular weight excluding hydrogens is 304 g/mol. The smallest absolute Gasteiger partial charge is 0.270 e. The Morgan fingerprint density at radius 2 is 2.04 bits per heavy atom. The van der Waals surface area contributed by atoms with Crippen molar-refractivity contribution in [2.45, 2.75) is 51.2 Å². The van der Waals surface area contributed by atoms with E-state index in [0.29, 0.717) is 17.4 Å². The van der Waals surface area contributed by atoms with Gasteiger partial charge in [0.25, 0.3) is 5.91 Å². The number of imidazole rings is 1. The van der Waals surface area contributed by atoms with Gasteiger partial charge in [-0.05, 0) is 57.6 Å². The molecule has 2 aromatic heterocycles. The van der Waals surface area contributed by atoms with E-state index < -0.39 is 5.60 Å². The van der Waals surface area contributed by atoms with Gasteiger partial charge in [-0.1, -0.05) is 6.07 Å². The molecule has 1 aliphatic carbocycles. The van der Waals surface area contributed by atoms with Crippen molar-refractivity contribution < 1.29 is 9.90 Å². The predicted octanol–water partition coefficient (Wildman–Crippen LogP) is 2.33. The SMILES string of the molecule is CC(C)(O)C1CCC(NC(=O)c2cccc(-n3ccnc3)n2)CC1. The second-order valence-electron chi connectivity index (χ2n) is 7.03. The number of hydrogen-bond acceptors (Lipinski definition) is 4. The van der Waals surface area contributed by atoms with Crippen molar-refractivity contribution in [1.82, 2.24) is 19.9 Å². The van der Waals surface area contributed by atoms with Crippen LogP contribution in [0, 0.1) is 5.92 Å². The minimum absolute atomic E-state index is 0.148. The monoisotopic (exact) mass is 328 g/mol. The first-order chi connectivity index (χ1) is 11.4. The minimum Gasteiger partial charge on any atom is -0.390 e. The molecule has 128 valence electrons. The Balaban J connectivity index is 1.61. The van der Waals surface area contributed by atoms with E-state index in [1.807, 2.05) is 26.0 Å². The Morgan fingerprint density at radius 1 is 1.29 bits per heavy atom. The highest BCUT2D eigenvalue weighted by Crippen LogP contribution is 2.32. The van der Waals surface area contributed by atoms with Crippen LogP contribution >= 0.6 is 0 Å². The van der Waals surface area contributed by atoms with Crippen molar-refractivity contribution in [2.75, 3.05) is 0 Å². The molecule has 2 heterocycles. The van der Waals surface area contributed by atoms with Crippen LogP contribution in [0.3, 0.4) is 0 Å². The van der Waals surface area contributed by atoms with Crippen molar-refractivity contribution in [3.63, 3.8) is 0 Å². The van der Waals surface area contributed by atoms with Gasteiger partial charge in [0.15, 0.2) is 0 Å². The number of rotatable bonds is 4. The van der Waals surface area contributed by atoms with Gasteiger partial charge in [0.1, 0.15) is 17.8 Å². The molecule has 1 saturated carbocycles. The largest absolute Gasteiger partial charge is 0.390 e. The zero-order valence-corrected chi connectivity index (χ0v) is 14.1. The predicted molar refractivity (Wildman–Crippen MR) is 90.9 cm³/mol. The summed E-state index contributed by atoms with van der Waals surface area (Å²) in [6, 6.07) is 5.53. The van der Waals surface area contributed by atoms with Crippen molar-refractivity contribution >= 4 is 5.91 Å². The lowest BCUT2D eigenvalue weighted by Gasteiger charge is -2.36. The molecule has 0 atom stereocenters. The first-order valence-corrected chi connectivity index (χ1v) is 8.42. The number of nitrogens with one attached hydrogen (secondary N) is 1. The first-order valence-electron chi connectivity index (χ1n) is 8.42. The maximum atomic E-state index is 12.5. The Morgan fingerprint density at radius 3 is 2.67 bits per heavy atom.